The van der Waals surface area contributed by atoms with Gasteiger partial charge in [0.25, 0.3) is 11.8 Å². The third-order valence-electron chi connectivity index (χ3n) is 5.47. The first kappa shape index (κ1) is 26.0. The van der Waals surface area contributed by atoms with E-state index in [1.54, 1.807) is 31.2 Å². The first-order valence-corrected chi connectivity index (χ1v) is 12.2. The number of halogens is 3. The van der Waals surface area contributed by atoms with Gasteiger partial charge in [-0.25, -0.2) is 9.07 Å². The van der Waals surface area contributed by atoms with Crippen LogP contribution in [-0.4, -0.2) is 36.8 Å². The van der Waals surface area contributed by atoms with E-state index in [0.717, 1.165) is 0 Å². The van der Waals surface area contributed by atoms with Crippen LogP contribution in [-0.2, 0) is 6.54 Å². The van der Waals surface area contributed by atoms with Crippen LogP contribution >= 0.6 is 23.2 Å². The number of hydrogen-bond acceptors (Lipinski definition) is 7. The van der Waals surface area contributed by atoms with Gasteiger partial charge in [0.2, 0.25) is 11.8 Å². The summed E-state index contributed by atoms with van der Waals surface area (Å²) in [6, 6.07) is 15.7. The SMILES string of the molecule is Cc1nnc(CNC(=O)c2cc(NC(=O)c3cc(-c4ncccc4F)c(Cl)cc3Cl)n(-c3ccccc3)n2)o1. The number of nitrogens with one attached hydrogen (secondary N) is 2. The molecular weight excluding hydrogens is 548 g/mol. The van der Waals surface area contributed by atoms with Crippen LogP contribution < -0.4 is 10.6 Å². The molecule has 3 aromatic heterocycles. The molecule has 2 N–H and O–H groups in total. The molecule has 0 saturated heterocycles. The second-order valence-electron chi connectivity index (χ2n) is 8.16. The summed E-state index contributed by atoms with van der Waals surface area (Å²) in [6.45, 7) is 1.63. The van der Waals surface area contributed by atoms with Crippen molar-refractivity contribution in [1.29, 1.82) is 0 Å². The molecule has 0 bridgehead atoms. The number of benzene rings is 2. The summed E-state index contributed by atoms with van der Waals surface area (Å²) >= 11 is 12.6. The molecular formula is C26H18Cl2FN7O3. The molecule has 39 heavy (non-hydrogen) atoms. The lowest BCUT2D eigenvalue weighted by atomic mass is 10.1. The number of aromatic nitrogens is 5. The maximum absolute atomic E-state index is 14.4. The maximum Gasteiger partial charge on any atom is 0.272 e. The zero-order valence-electron chi connectivity index (χ0n) is 20.2. The molecule has 196 valence electrons. The van der Waals surface area contributed by atoms with Crippen LogP contribution in [0, 0.1) is 12.7 Å². The molecule has 3 heterocycles. The predicted octanol–water partition coefficient (Wildman–Crippen LogP) is 5.25. The molecule has 0 radical (unpaired) electrons. The molecule has 0 fully saturated rings. The van der Waals surface area contributed by atoms with E-state index in [1.165, 1.54) is 41.2 Å². The van der Waals surface area contributed by atoms with Gasteiger partial charge in [0, 0.05) is 24.8 Å². The molecule has 0 saturated carbocycles. The van der Waals surface area contributed by atoms with Crippen molar-refractivity contribution in [1.82, 2.24) is 30.3 Å². The average Bonchev–Trinajstić information content (AvgIpc) is 3.54. The Hall–Kier alpha value is -4.61. The normalized spacial score (nSPS) is 10.9. The maximum atomic E-state index is 14.4. The highest BCUT2D eigenvalue weighted by molar-refractivity contribution is 6.38. The van der Waals surface area contributed by atoms with Gasteiger partial charge in [0.1, 0.15) is 17.3 Å². The van der Waals surface area contributed by atoms with E-state index >= 15 is 0 Å². The van der Waals surface area contributed by atoms with Crippen molar-refractivity contribution in [3.05, 3.63) is 106 Å². The second kappa shape index (κ2) is 11.0. The monoisotopic (exact) mass is 565 g/mol. The van der Waals surface area contributed by atoms with E-state index in [0.29, 0.717) is 11.6 Å². The lowest BCUT2D eigenvalue weighted by Gasteiger charge is -2.12. The number of amides is 2. The summed E-state index contributed by atoms with van der Waals surface area (Å²) in [5, 5.41) is 17.5. The number of nitrogens with zero attached hydrogens (tertiary/aromatic N) is 5. The fraction of sp³-hybridized carbons (Fsp3) is 0.0769. The van der Waals surface area contributed by atoms with E-state index in [4.69, 9.17) is 27.6 Å². The molecule has 0 aliphatic carbocycles. The fourth-order valence-corrected chi connectivity index (χ4v) is 4.23. The molecule has 10 nitrogen and oxygen atoms in total. The molecule has 0 spiro atoms. The van der Waals surface area contributed by atoms with Crippen molar-refractivity contribution in [2.75, 3.05) is 5.32 Å². The Morgan fingerprint density at radius 2 is 1.79 bits per heavy atom. The van der Waals surface area contributed by atoms with Crippen molar-refractivity contribution in [2.45, 2.75) is 13.5 Å². The number of hydrogen-bond donors (Lipinski definition) is 2. The van der Waals surface area contributed by atoms with Crippen LogP contribution in [0.15, 0.2) is 71.3 Å². The van der Waals surface area contributed by atoms with Crippen molar-refractivity contribution in [3.63, 3.8) is 0 Å². The molecule has 0 atom stereocenters. The topological polar surface area (TPSA) is 128 Å². The van der Waals surface area contributed by atoms with E-state index in [2.05, 4.69) is 30.9 Å². The second-order valence-corrected chi connectivity index (χ2v) is 8.97. The summed E-state index contributed by atoms with van der Waals surface area (Å²) in [4.78, 5) is 30.2. The van der Waals surface area contributed by atoms with Crippen molar-refractivity contribution >= 4 is 40.8 Å². The van der Waals surface area contributed by atoms with E-state index in [-0.39, 0.29) is 50.8 Å². The van der Waals surface area contributed by atoms with Crippen molar-refractivity contribution in [3.8, 4) is 16.9 Å². The summed E-state index contributed by atoms with van der Waals surface area (Å²) < 4.78 is 21.1. The molecule has 0 aliphatic rings. The Morgan fingerprint density at radius 1 is 1.00 bits per heavy atom. The summed E-state index contributed by atoms with van der Waals surface area (Å²) in [5.74, 6) is -1.00. The number of pyridine rings is 1. The molecule has 5 aromatic rings. The smallest absolute Gasteiger partial charge is 0.272 e. The highest BCUT2D eigenvalue weighted by Crippen LogP contribution is 2.33. The minimum atomic E-state index is -0.639. The standard InChI is InChI=1S/C26H18Cl2FN7O3/c1-14-33-34-23(39-14)13-31-26(38)21-12-22(36(35-21)15-6-3-2-4-7-15)32-25(37)17-10-16(18(27)11-19(17)28)24-20(29)8-5-9-30-24/h2-12H,13H2,1H3,(H,31,38)(H,32,37). The van der Waals surface area contributed by atoms with Gasteiger partial charge >= 0.3 is 0 Å². The Kier molecular flexibility index (Phi) is 7.35. The molecule has 13 heteroatoms. The molecule has 0 aliphatic heterocycles. The Balaban J connectivity index is 1.46. The highest BCUT2D eigenvalue weighted by atomic mass is 35.5. The molecule has 2 aromatic carbocycles. The number of aryl methyl sites for hydroxylation is 1. The first-order valence-electron chi connectivity index (χ1n) is 11.4. The number of rotatable bonds is 7. The van der Waals surface area contributed by atoms with E-state index in [1.807, 2.05) is 6.07 Å². The molecule has 0 unspecified atom stereocenters. The van der Waals surface area contributed by atoms with Crippen LogP contribution in [0.5, 0.6) is 0 Å². The van der Waals surface area contributed by atoms with E-state index < -0.39 is 17.6 Å². The van der Waals surface area contributed by atoms with Gasteiger partial charge in [-0.05, 0) is 36.4 Å². The highest BCUT2D eigenvalue weighted by Gasteiger charge is 2.22. The lowest BCUT2D eigenvalue weighted by molar-refractivity contribution is 0.0941. The van der Waals surface area contributed by atoms with Crippen LogP contribution in [0.25, 0.3) is 16.9 Å². The number of para-hydroxylation sites is 1. The van der Waals surface area contributed by atoms with Crippen LogP contribution in [0.1, 0.15) is 32.6 Å². The van der Waals surface area contributed by atoms with Crippen LogP contribution in [0.3, 0.4) is 0 Å². The lowest BCUT2D eigenvalue weighted by Crippen LogP contribution is -2.23. The minimum absolute atomic E-state index is 0.00714. The van der Waals surface area contributed by atoms with E-state index in [9.17, 15) is 14.0 Å². The Bertz CT molecular complexity index is 1690. The van der Waals surface area contributed by atoms with Gasteiger partial charge in [0.15, 0.2) is 5.69 Å². The molecule has 5 rings (SSSR count). The summed E-state index contributed by atoms with van der Waals surface area (Å²) in [5.41, 5.74) is 0.775. The minimum Gasteiger partial charge on any atom is -0.424 e. The summed E-state index contributed by atoms with van der Waals surface area (Å²) in [6.07, 6.45) is 1.41. The Morgan fingerprint density at radius 3 is 2.51 bits per heavy atom. The third kappa shape index (κ3) is 5.64. The van der Waals surface area contributed by atoms with Gasteiger partial charge in [-0.1, -0.05) is 41.4 Å². The molecule has 2 amide bonds. The first-order chi connectivity index (χ1) is 18.8. The van der Waals surface area contributed by atoms with Crippen LogP contribution in [0.2, 0.25) is 10.0 Å². The zero-order valence-corrected chi connectivity index (χ0v) is 21.7. The van der Waals surface area contributed by atoms with Crippen molar-refractivity contribution < 1.29 is 18.4 Å². The van der Waals surface area contributed by atoms with Gasteiger partial charge in [0.05, 0.1) is 27.8 Å². The third-order valence-corrected chi connectivity index (χ3v) is 6.09. The van der Waals surface area contributed by atoms with Gasteiger partial charge in [-0.3, -0.25) is 14.6 Å². The van der Waals surface area contributed by atoms with Crippen LogP contribution in [0.4, 0.5) is 10.2 Å². The largest absolute Gasteiger partial charge is 0.424 e. The average molecular weight is 566 g/mol. The Labute approximate surface area is 230 Å². The number of carbonyl (C=O) groups is 2. The number of anilines is 1. The van der Waals surface area contributed by atoms with Gasteiger partial charge < -0.3 is 15.1 Å². The summed E-state index contributed by atoms with van der Waals surface area (Å²) in [7, 11) is 0. The predicted molar refractivity (Wildman–Crippen MR) is 141 cm³/mol. The van der Waals surface area contributed by atoms with Gasteiger partial charge in [-0.2, -0.15) is 5.10 Å². The quantitative estimate of drug-likeness (QED) is 0.275. The van der Waals surface area contributed by atoms with Gasteiger partial charge in [-0.15, -0.1) is 10.2 Å². The zero-order chi connectivity index (χ0) is 27.5. The fourth-order valence-electron chi connectivity index (χ4n) is 3.67. The van der Waals surface area contributed by atoms with Crippen molar-refractivity contribution in [2.24, 2.45) is 0 Å². The number of carbonyl (C=O) groups excluding carboxylic acids is 2.